The molecule has 0 bridgehead atoms. The Morgan fingerprint density at radius 1 is 1.58 bits per heavy atom. The molecule has 72 valence electrons. The van der Waals surface area contributed by atoms with Crippen molar-refractivity contribution in [2.75, 3.05) is 25.1 Å². The number of nitrogens with one attached hydrogen (secondary N) is 1. The monoisotopic (exact) mass is 189 g/mol. The van der Waals surface area contributed by atoms with Crippen LogP contribution in [0.5, 0.6) is 0 Å². The molecular formula is C9H19NOS. The first-order valence-corrected chi connectivity index (χ1v) is 6.11. The molecule has 1 saturated heterocycles. The van der Waals surface area contributed by atoms with Gasteiger partial charge in [0.1, 0.15) is 0 Å². The van der Waals surface area contributed by atoms with Crippen molar-refractivity contribution in [1.82, 2.24) is 5.32 Å². The second-order valence-corrected chi connectivity index (χ2v) is 4.44. The van der Waals surface area contributed by atoms with Crippen LogP contribution in [0.1, 0.15) is 19.3 Å². The van der Waals surface area contributed by atoms with Crippen LogP contribution < -0.4 is 5.32 Å². The maximum atomic E-state index is 9.62. The summed E-state index contributed by atoms with van der Waals surface area (Å²) >= 11 is 1.89. The van der Waals surface area contributed by atoms with Crippen LogP contribution >= 0.6 is 11.8 Å². The molecule has 0 radical (unpaired) electrons. The van der Waals surface area contributed by atoms with Gasteiger partial charge in [0.2, 0.25) is 0 Å². The summed E-state index contributed by atoms with van der Waals surface area (Å²) in [6.07, 6.45) is 5.44. The summed E-state index contributed by atoms with van der Waals surface area (Å²) < 4.78 is 0. The van der Waals surface area contributed by atoms with Crippen LogP contribution in [-0.2, 0) is 0 Å². The molecule has 0 aliphatic carbocycles. The summed E-state index contributed by atoms with van der Waals surface area (Å²) in [5.74, 6) is 1.73. The lowest BCUT2D eigenvalue weighted by molar-refractivity contribution is 0.0743. The van der Waals surface area contributed by atoms with E-state index in [2.05, 4.69) is 11.6 Å². The highest BCUT2D eigenvalue weighted by atomic mass is 32.2. The van der Waals surface area contributed by atoms with Gasteiger partial charge >= 0.3 is 0 Å². The molecule has 0 aromatic rings. The smallest absolute Gasteiger partial charge is 0.0592 e. The number of hydrogen-bond acceptors (Lipinski definition) is 3. The summed E-state index contributed by atoms with van der Waals surface area (Å²) in [6, 6.07) is 0. The van der Waals surface area contributed by atoms with Gasteiger partial charge in [-0.2, -0.15) is 11.8 Å². The molecule has 2 unspecified atom stereocenters. The molecule has 3 heteroatoms. The minimum absolute atomic E-state index is 0.0480. The molecule has 1 aliphatic heterocycles. The van der Waals surface area contributed by atoms with Crippen LogP contribution in [0.3, 0.4) is 0 Å². The van der Waals surface area contributed by atoms with E-state index in [1.807, 2.05) is 11.8 Å². The fourth-order valence-electron chi connectivity index (χ4n) is 1.69. The first kappa shape index (κ1) is 10.4. The second-order valence-electron chi connectivity index (χ2n) is 3.46. The quantitative estimate of drug-likeness (QED) is 0.650. The summed E-state index contributed by atoms with van der Waals surface area (Å²) in [6.45, 7) is 2.00. The highest BCUT2D eigenvalue weighted by Gasteiger charge is 2.21. The van der Waals surface area contributed by atoms with E-state index in [0.29, 0.717) is 5.92 Å². The van der Waals surface area contributed by atoms with E-state index < -0.39 is 0 Å². The second kappa shape index (κ2) is 5.84. The van der Waals surface area contributed by atoms with Crippen molar-refractivity contribution in [3.8, 4) is 0 Å². The van der Waals surface area contributed by atoms with E-state index in [-0.39, 0.29) is 6.10 Å². The van der Waals surface area contributed by atoms with Gasteiger partial charge in [-0.1, -0.05) is 0 Å². The molecular weight excluding hydrogens is 170 g/mol. The first-order valence-electron chi connectivity index (χ1n) is 4.72. The van der Waals surface area contributed by atoms with Gasteiger partial charge in [0.15, 0.2) is 0 Å². The predicted octanol–water partition coefficient (Wildman–Crippen LogP) is 1.10. The molecule has 1 fully saturated rings. The first-order chi connectivity index (χ1) is 5.84. The third-order valence-corrected chi connectivity index (χ3v) is 3.19. The average Bonchev–Trinajstić information content (AvgIpc) is 2.09. The molecule has 0 spiro atoms. The van der Waals surface area contributed by atoms with Crippen molar-refractivity contribution in [1.29, 1.82) is 0 Å². The van der Waals surface area contributed by atoms with Gasteiger partial charge in [-0.25, -0.2) is 0 Å². The lowest BCUT2D eigenvalue weighted by atomic mass is 9.92. The van der Waals surface area contributed by atoms with Gasteiger partial charge in [0.05, 0.1) is 6.10 Å². The zero-order valence-electron chi connectivity index (χ0n) is 7.75. The van der Waals surface area contributed by atoms with Crippen LogP contribution in [-0.4, -0.2) is 36.3 Å². The Morgan fingerprint density at radius 2 is 2.42 bits per heavy atom. The topological polar surface area (TPSA) is 32.3 Å². The minimum Gasteiger partial charge on any atom is -0.393 e. The van der Waals surface area contributed by atoms with Gasteiger partial charge in [0.25, 0.3) is 0 Å². The molecule has 0 saturated carbocycles. The molecule has 1 heterocycles. The zero-order valence-corrected chi connectivity index (χ0v) is 8.57. The Labute approximate surface area is 79.1 Å². The van der Waals surface area contributed by atoms with E-state index >= 15 is 0 Å². The van der Waals surface area contributed by atoms with E-state index in [1.54, 1.807) is 0 Å². The fraction of sp³-hybridized carbons (Fsp3) is 1.00. The van der Waals surface area contributed by atoms with Crippen molar-refractivity contribution in [2.24, 2.45) is 5.92 Å². The molecule has 0 aromatic carbocycles. The van der Waals surface area contributed by atoms with Crippen LogP contribution in [0.25, 0.3) is 0 Å². The van der Waals surface area contributed by atoms with Gasteiger partial charge in [-0.15, -0.1) is 0 Å². The fourth-order valence-corrected chi connectivity index (χ4v) is 2.15. The molecule has 1 aliphatic rings. The van der Waals surface area contributed by atoms with Crippen molar-refractivity contribution < 1.29 is 5.11 Å². The highest BCUT2D eigenvalue weighted by Crippen LogP contribution is 2.17. The van der Waals surface area contributed by atoms with Crippen molar-refractivity contribution in [2.45, 2.75) is 25.4 Å². The summed E-state index contributed by atoms with van der Waals surface area (Å²) in [5.41, 5.74) is 0. The SMILES string of the molecule is CSCCCC1CNCCC1O. The zero-order chi connectivity index (χ0) is 8.81. The molecule has 2 nitrogen and oxygen atoms in total. The minimum atomic E-state index is -0.0480. The van der Waals surface area contributed by atoms with E-state index in [1.165, 1.54) is 18.6 Å². The Morgan fingerprint density at radius 3 is 3.08 bits per heavy atom. The standard InChI is InChI=1S/C9H19NOS/c1-12-6-2-3-8-7-10-5-4-9(8)11/h8-11H,2-7H2,1H3. The molecule has 12 heavy (non-hydrogen) atoms. The van der Waals surface area contributed by atoms with Gasteiger partial charge in [-0.3, -0.25) is 0 Å². The number of thioether (sulfide) groups is 1. The Balaban J connectivity index is 2.11. The van der Waals surface area contributed by atoms with Gasteiger partial charge < -0.3 is 10.4 Å². The third-order valence-electron chi connectivity index (χ3n) is 2.49. The largest absolute Gasteiger partial charge is 0.393 e. The summed E-state index contributed by atoms with van der Waals surface area (Å²) in [5, 5.41) is 12.9. The molecule has 1 rings (SSSR count). The maximum absolute atomic E-state index is 9.62. The van der Waals surface area contributed by atoms with Gasteiger partial charge in [0, 0.05) is 6.54 Å². The van der Waals surface area contributed by atoms with Crippen LogP contribution in [0.4, 0.5) is 0 Å². The molecule has 0 amide bonds. The van der Waals surface area contributed by atoms with Crippen molar-refractivity contribution >= 4 is 11.8 Å². The number of rotatable bonds is 4. The highest BCUT2D eigenvalue weighted by molar-refractivity contribution is 7.98. The normalized spacial score (nSPS) is 30.5. The molecule has 2 N–H and O–H groups in total. The summed E-state index contributed by atoms with van der Waals surface area (Å²) in [4.78, 5) is 0. The average molecular weight is 189 g/mol. The number of hydrogen-bond donors (Lipinski definition) is 2. The predicted molar refractivity (Wildman–Crippen MR) is 54.6 cm³/mol. The lowest BCUT2D eigenvalue weighted by Crippen LogP contribution is -2.39. The lowest BCUT2D eigenvalue weighted by Gasteiger charge is -2.28. The Kier molecular flexibility index (Phi) is 5.04. The Bertz CT molecular complexity index is 121. The van der Waals surface area contributed by atoms with E-state index in [4.69, 9.17) is 0 Å². The number of aliphatic hydroxyl groups excluding tert-OH is 1. The van der Waals surface area contributed by atoms with Crippen molar-refractivity contribution in [3.05, 3.63) is 0 Å². The van der Waals surface area contributed by atoms with Crippen molar-refractivity contribution in [3.63, 3.8) is 0 Å². The van der Waals surface area contributed by atoms with Gasteiger partial charge in [-0.05, 0) is 43.7 Å². The van der Waals surface area contributed by atoms with E-state index in [9.17, 15) is 5.11 Å². The van der Waals surface area contributed by atoms with Crippen LogP contribution in [0.2, 0.25) is 0 Å². The maximum Gasteiger partial charge on any atom is 0.0592 e. The van der Waals surface area contributed by atoms with E-state index in [0.717, 1.165) is 19.5 Å². The third kappa shape index (κ3) is 3.33. The van der Waals surface area contributed by atoms with Crippen LogP contribution in [0, 0.1) is 5.92 Å². The molecule has 2 atom stereocenters. The Hall–Kier alpha value is 0.270. The summed E-state index contributed by atoms with van der Waals surface area (Å²) in [7, 11) is 0. The number of piperidine rings is 1. The van der Waals surface area contributed by atoms with Crippen LogP contribution in [0.15, 0.2) is 0 Å². The molecule has 0 aromatic heterocycles. The number of aliphatic hydroxyl groups is 1.